The molecule has 0 saturated carbocycles. The van der Waals surface area contributed by atoms with Crippen molar-refractivity contribution < 1.29 is 26.7 Å². The monoisotopic (exact) mass is 303 g/mol. The van der Waals surface area contributed by atoms with E-state index >= 15 is 0 Å². The van der Waals surface area contributed by atoms with Crippen molar-refractivity contribution in [3.63, 3.8) is 0 Å². The highest BCUT2D eigenvalue weighted by atomic mass is 19.2. The van der Waals surface area contributed by atoms with Crippen molar-refractivity contribution in [2.24, 2.45) is 0 Å². The zero-order valence-electron chi connectivity index (χ0n) is 10.8. The Morgan fingerprint density at radius 2 is 1.29 bits per heavy atom. The van der Waals surface area contributed by atoms with Crippen LogP contribution in [0.15, 0.2) is 24.3 Å². The van der Waals surface area contributed by atoms with Gasteiger partial charge in [-0.3, -0.25) is 0 Å². The molecule has 0 saturated heterocycles. The van der Waals surface area contributed by atoms with Crippen molar-refractivity contribution in [3.8, 4) is 5.75 Å². The molecule has 0 atom stereocenters. The minimum absolute atomic E-state index is 0.331. The first-order chi connectivity index (χ1) is 9.95. The van der Waals surface area contributed by atoms with Gasteiger partial charge in [-0.2, -0.15) is 8.78 Å². The van der Waals surface area contributed by atoms with Crippen LogP contribution in [0, 0.1) is 29.1 Å². The van der Waals surface area contributed by atoms with Crippen LogP contribution in [0.5, 0.6) is 5.75 Å². The lowest BCUT2D eigenvalue weighted by Gasteiger charge is -2.10. The summed E-state index contributed by atoms with van der Waals surface area (Å²) in [6.07, 6.45) is 0. The van der Waals surface area contributed by atoms with Crippen LogP contribution in [0.2, 0.25) is 0 Å². The van der Waals surface area contributed by atoms with Gasteiger partial charge in [0.1, 0.15) is 6.61 Å². The van der Waals surface area contributed by atoms with Crippen LogP contribution in [0.4, 0.5) is 27.6 Å². The fourth-order valence-electron chi connectivity index (χ4n) is 1.63. The zero-order chi connectivity index (χ0) is 15.6. The number of nitrogens with one attached hydrogen (secondary N) is 1. The topological polar surface area (TPSA) is 21.3 Å². The highest BCUT2D eigenvalue weighted by molar-refractivity contribution is 5.43. The molecule has 0 aromatic heterocycles. The highest BCUT2D eigenvalue weighted by Gasteiger charge is 2.26. The Morgan fingerprint density at radius 3 is 1.76 bits per heavy atom. The smallest absolute Gasteiger partial charge is 0.207 e. The lowest BCUT2D eigenvalue weighted by Crippen LogP contribution is -2.07. The molecule has 0 unspecified atom stereocenters. The summed E-state index contributed by atoms with van der Waals surface area (Å²) in [5.74, 6) is -11.5. The number of hydrogen-bond acceptors (Lipinski definition) is 2. The minimum atomic E-state index is -2.21. The Bertz CT molecular complexity index is 628. The Hall–Kier alpha value is -2.31. The van der Waals surface area contributed by atoms with Crippen LogP contribution in [-0.2, 0) is 6.61 Å². The van der Waals surface area contributed by atoms with Gasteiger partial charge in [0.05, 0.1) is 0 Å². The molecule has 1 N–H and O–H groups in total. The predicted molar refractivity (Wildman–Crippen MR) is 66.6 cm³/mol. The molecule has 0 aliphatic heterocycles. The number of benzene rings is 2. The van der Waals surface area contributed by atoms with Gasteiger partial charge in [0.15, 0.2) is 5.75 Å². The van der Waals surface area contributed by atoms with Crippen molar-refractivity contribution in [2.75, 3.05) is 12.4 Å². The van der Waals surface area contributed by atoms with E-state index in [1.807, 2.05) is 0 Å². The third-order valence-electron chi connectivity index (χ3n) is 2.80. The van der Waals surface area contributed by atoms with E-state index in [-0.39, 0.29) is 6.61 Å². The minimum Gasteiger partial charge on any atom is -0.483 e. The summed E-state index contributed by atoms with van der Waals surface area (Å²) >= 11 is 0. The first-order valence-electron chi connectivity index (χ1n) is 5.86. The lowest BCUT2D eigenvalue weighted by atomic mass is 10.2. The van der Waals surface area contributed by atoms with Gasteiger partial charge in [-0.15, -0.1) is 0 Å². The molecule has 2 nitrogen and oxygen atoms in total. The standard InChI is InChI=1S/C14H10F5NO/c1-20-8-4-2-7(3-5-8)6-21-14-12(18)10(16)9(15)11(17)13(14)19/h2-5,20H,6H2,1H3. The lowest BCUT2D eigenvalue weighted by molar-refractivity contribution is 0.253. The Labute approximate surface area is 117 Å². The van der Waals surface area contributed by atoms with Gasteiger partial charge < -0.3 is 10.1 Å². The van der Waals surface area contributed by atoms with Crippen LogP contribution < -0.4 is 10.1 Å². The molecule has 0 heterocycles. The number of hydrogen-bond donors (Lipinski definition) is 1. The van der Waals surface area contributed by atoms with Crippen molar-refractivity contribution in [1.82, 2.24) is 0 Å². The van der Waals surface area contributed by atoms with Gasteiger partial charge in [-0.25, -0.2) is 13.2 Å². The number of anilines is 1. The molecule has 0 fully saturated rings. The third-order valence-corrected chi connectivity index (χ3v) is 2.80. The van der Waals surface area contributed by atoms with E-state index < -0.39 is 34.8 Å². The van der Waals surface area contributed by atoms with Gasteiger partial charge >= 0.3 is 0 Å². The van der Waals surface area contributed by atoms with Gasteiger partial charge in [0.25, 0.3) is 0 Å². The van der Waals surface area contributed by atoms with E-state index in [4.69, 9.17) is 4.74 Å². The molecule has 21 heavy (non-hydrogen) atoms. The Morgan fingerprint density at radius 1 is 0.810 bits per heavy atom. The fraction of sp³-hybridized carbons (Fsp3) is 0.143. The molecule has 2 rings (SSSR count). The highest BCUT2D eigenvalue weighted by Crippen LogP contribution is 2.29. The molecule has 0 amide bonds. The normalized spacial score (nSPS) is 10.6. The average molecular weight is 303 g/mol. The molecule has 112 valence electrons. The maximum atomic E-state index is 13.4. The zero-order valence-corrected chi connectivity index (χ0v) is 10.8. The van der Waals surface area contributed by atoms with Crippen LogP contribution >= 0.6 is 0 Å². The molecule has 2 aromatic rings. The fourth-order valence-corrected chi connectivity index (χ4v) is 1.63. The van der Waals surface area contributed by atoms with Crippen molar-refractivity contribution >= 4 is 5.69 Å². The molecule has 0 spiro atoms. The van der Waals surface area contributed by atoms with Gasteiger partial charge in [0, 0.05) is 12.7 Å². The molecule has 0 bridgehead atoms. The summed E-state index contributed by atoms with van der Waals surface area (Å²) in [5, 5.41) is 2.87. The van der Waals surface area contributed by atoms with E-state index in [1.165, 1.54) is 0 Å². The predicted octanol–water partition coefficient (Wildman–Crippen LogP) is 4.00. The molecule has 0 aliphatic rings. The quantitative estimate of drug-likeness (QED) is 0.523. The first-order valence-corrected chi connectivity index (χ1v) is 5.86. The summed E-state index contributed by atoms with van der Waals surface area (Å²) in [5.41, 5.74) is 1.31. The Balaban J connectivity index is 2.23. The summed E-state index contributed by atoms with van der Waals surface area (Å²) in [6, 6.07) is 6.55. The van der Waals surface area contributed by atoms with Gasteiger partial charge in [-0.05, 0) is 17.7 Å². The largest absolute Gasteiger partial charge is 0.483 e. The van der Waals surface area contributed by atoms with Crippen molar-refractivity contribution in [3.05, 3.63) is 58.9 Å². The van der Waals surface area contributed by atoms with E-state index in [1.54, 1.807) is 31.3 Å². The second-order valence-electron chi connectivity index (χ2n) is 4.13. The molecular formula is C14H10F5NO. The van der Waals surface area contributed by atoms with Gasteiger partial charge in [0.2, 0.25) is 29.1 Å². The van der Waals surface area contributed by atoms with Crippen LogP contribution in [-0.4, -0.2) is 7.05 Å². The molecule has 0 radical (unpaired) electrons. The molecular weight excluding hydrogens is 293 g/mol. The summed E-state index contributed by atoms with van der Waals surface area (Å²) < 4.78 is 70.3. The van der Waals surface area contributed by atoms with E-state index in [2.05, 4.69) is 5.32 Å². The van der Waals surface area contributed by atoms with Crippen LogP contribution in [0.3, 0.4) is 0 Å². The van der Waals surface area contributed by atoms with E-state index in [0.29, 0.717) is 5.56 Å². The maximum Gasteiger partial charge on any atom is 0.207 e. The van der Waals surface area contributed by atoms with Crippen molar-refractivity contribution in [1.29, 1.82) is 0 Å². The number of rotatable bonds is 4. The molecule has 2 aromatic carbocycles. The van der Waals surface area contributed by atoms with Crippen molar-refractivity contribution in [2.45, 2.75) is 6.61 Å². The summed E-state index contributed by atoms with van der Waals surface area (Å²) in [6.45, 7) is -0.331. The SMILES string of the molecule is CNc1ccc(COc2c(F)c(F)c(F)c(F)c2F)cc1. The molecule has 7 heteroatoms. The second kappa shape index (κ2) is 5.99. The first kappa shape index (κ1) is 15.1. The number of halogens is 5. The van der Waals surface area contributed by atoms with E-state index in [9.17, 15) is 22.0 Å². The molecule has 0 aliphatic carbocycles. The number of ether oxygens (including phenoxy) is 1. The van der Waals surface area contributed by atoms with E-state index in [0.717, 1.165) is 5.69 Å². The summed E-state index contributed by atoms with van der Waals surface area (Å²) in [7, 11) is 1.71. The summed E-state index contributed by atoms with van der Waals surface area (Å²) in [4.78, 5) is 0. The Kier molecular flexibility index (Phi) is 4.30. The van der Waals surface area contributed by atoms with Crippen LogP contribution in [0.25, 0.3) is 0 Å². The van der Waals surface area contributed by atoms with Crippen LogP contribution in [0.1, 0.15) is 5.56 Å². The third kappa shape index (κ3) is 2.91. The van der Waals surface area contributed by atoms with Gasteiger partial charge in [-0.1, -0.05) is 12.1 Å². The second-order valence-corrected chi connectivity index (χ2v) is 4.13. The maximum absolute atomic E-state index is 13.4. The average Bonchev–Trinajstić information content (AvgIpc) is 2.51.